The number of amidine groups is 1. The topological polar surface area (TPSA) is 24.4 Å². The van der Waals surface area contributed by atoms with Gasteiger partial charge in [0.25, 0.3) is 0 Å². The van der Waals surface area contributed by atoms with E-state index in [4.69, 9.17) is 0 Å². The smallest absolute Gasteiger partial charge is 0.156 e. The quantitative estimate of drug-likeness (QED) is 0.748. The van der Waals surface area contributed by atoms with Gasteiger partial charge in [-0.15, -0.1) is 0 Å². The summed E-state index contributed by atoms with van der Waals surface area (Å²) in [5, 5.41) is 5.62. The number of rotatable bonds is 1. The van der Waals surface area contributed by atoms with Crippen LogP contribution in [0, 0.1) is 0 Å². The molecule has 4 heteroatoms. The average molecular weight is 230 g/mol. The second-order valence-corrected chi connectivity index (χ2v) is 6.51. The number of nitrogens with one attached hydrogen (secondary N) is 1. The second kappa shape index (κ2) is 5.31. The molecular formula is C10H18N2S2. The van der Waals surface area contributed by atoms with Crippen molar-refractivity contribution in [2.45, 2.75) is 37.5 Å². The van der Waals surface area contributed by atoms with Crippen molar-refractivity contribution in [2.75, 3.05) is 18.1 Å². The third kappa shape index (κ3) is 3.09. The molecule has 2 aliphatic rings. The fraction of sp³-hybridized carbons (Fsp3) is 0.900. The summed E-state index contributed by atoms with van der Waals surface area (Å²) in [7, 11) is 0. The molecule has 2 heterocycles. The van der Waals surface area contributed by atoms with Crippen molar-refractivity contribution in [2.24, 2.45) is 4.99 Å². The van der Waals surface area contributed by atoms with Crippen LogP contribution in [-0.4, -0.2) is 34.5 Å². The van der Waals surface area contributed by atoms with E-state index in [1.807, 2.05) is 11.8 Å². The molecule has 0 radical (unpaired) electrons. The monoisotopic (exact) mass is 230 g/mol. The highest BCUT2D eigenvalue weighted by Gasteiger charge is 2.19. The maximum Gasteiger partial charge on any atom is 0.156 e. The molecule has 1 fully saturated rings. The molecule has 0 aromatic carbocycles. The fourth-order valence-corrected chi connectivity index (χ4v) is 3.73. The van der Waals surface area contributed by atoms with Gasteiger partial charge in [0.2, 0.25) is 0 Å². The van der Waals surface area contributed by atoms with Crippen LogP contribution in [0.4, 0.5) is 0 Å². The van der Waals surface area contributed by atoms with Crippen LogP contribution >= 0.6 is 23.5 Å². The van der Waals surface area contributed by atoms with Crippen LogP contribution in [0.3, 0.4) is 0 Å². The van der Waals surface area contributed by atoms with E-state index in [2.05, 4.69) is 29.0 Å². The van der Waals surface area contributed by atoms with Crippen molar-refractivity contribution in [3.05, 3.63) is 0 Å². The van der Waals surface area contributed by atoms with Gasteiger partial charge in [-0.05, 0) is 19.3 Å². The molecule has 0 aromatic rings. The van der Waals surface area contributed by atoms with Gasteiger partial charge in [0, 0.05) is 29.3 Å². The molecule has 80 valence electrons. The number of hydrogen-bond donors (Lipinski definition) is 1. The Kier molecular flexibility index (Phi) is 4.05. The summed E-state index contributed by atoms with van der Waals surface area (Å²) >= 11 is 3.98. The molecule has 0 aliphatic carbocycles. The molecule has 1 N–H and O–H groups in total. The molecule has 0 aromatic heterocycles. The zero-order valence-corrected chi connectivity index (χ0v) is 10.3. The van der Waals surface area contributed by atoms with Crippen LogP contribution < -0.4 is 5.32 Å². The molecule has 0 saturated carbocycles. The number of aliphatic imine (C=N–C) groups is 1. The Labute approximate surface area is 94.7 Å². The Morgan fingerprint density at radius 1 is 1.43 bits per heavy atom. The second-order valence-electron chi connectivity index (χ2n) is 3.95. The van der Waals surface area contributed by atoms with E-state index >= 15 is 0 Å². The van der Waals surface area contributed by atoms with Crippen molar-refractivity contribution in [3.8, 4) is 0 Å². The lowest BCUT2D eigenvalue weighted by Crippen LogP contribution is -2.39. The average Bonchev–Trinajstić information content (AvgIpc) is 2.23. The summed E-state index contributed by atoms with van der Waals surface area (Å²) in [6.45, 7) is 3.35. The predicted molar refractivity (Wildman–Crippen MR) is 67.5 cm³/mol. The van der Waals surface area contributed by atoms with Crippen molar-refractivity contribution >= 4 is 28.7 Å². The van der Waals surface area contributed by atoms with Crippen molar-refractivity contribution in [1.82, 2.24) is 5.32 Å². The minimum absolute atomic E-state index is 0.667. The van der Waals surface area contributed by atoms with E-state index in [1.54, 1.807) is 0 Å². The van der Waals surface area contributed by atoms with Gasteiger partial charge in [-0.25, -0.2) is 0 Å². The maximum atomic E-state index is 4.50. The molecule has 0 amide bonds. The SMILES string of the molecule is CC1CCC(NC2=NCCCS2)CS1. The first-order chi connectivity index (χ1) is 6.84. The summed E-state index contributed by atoms with van der Waals surface area (Å²) in [4.78, 5) is 4.50. The Morgan fingerprint density at radius 3 is 3.00 bits per heavy atom. The zero-order valence-electron chi connectivity index (χ0n) is 8.66. The molecule has 2 rings (SSSR count). The lowest BCUT2D eigenvalue weighted by Gasteiger charge is -2.28. The molecule has 0 spiro atoms. The highest BCUT2D eigenvalue weighted by atomic mass is 32.2. The molecule has 2 unspecified atom stereocenters. The van der Waals surface area contributed by atoms with Crippen LogP contribution in [0.2, 0.25) is 0 Å². The number of thioether (sulfide) groups is 2. The lowest BCUT2D eigenvalue weighted by atomic mass is 10.1. The van der Waals surface area contributed by atoms with Crippen LogP contribution in [0.25, 0.3) is 0 Å². The number of hydrogen-bond acceptors (Lipinski definition) is 4. The predicted octanol–water partition coefficient (Wildman–Crippen LogP) is 2.35. The largest absolute Gasteiger partial charge is 0.361 e. The summed E-state index contributed by atoms with van der Waals surface area (Å²) in [6, 6.07) is 0.667. The highest BCUT2D eigenvalue weighted by molar-refractivity contribution is 8.13. The third-order valence-corrected chi connectivity index (χ3v) is 5.04. The molecule has 2 nitrogen and oxygen atoms in total. The molecule has 2 atom stereocenters. The van der Waals surface area contributed by atoms with Crippen LogP contribution in [-0.2, 0) is 0 Å². The molecule has 2 aliphatic heterocycles. The van der Waals surface area contributed by atoms with Gasteiger partial charge in [0.05, 0.1) is 0 Å². The summed E-state index contributed by atoms with van der Waals surface area (Å²) < 4.78 is 0. The van der Waals surface area contributed by atoms with E-state index < -0.39 is 0 Å². The van der Waals surface area contributed by atoms with Crippen LogP contribution in [0.5, 0.6) is 0 Å². The molecular weight excluding hydrogens is 212 g/mol. The van der Waals surface area contributed by atoms with E-state index in [0.717, 1.165) is 11.8 Å². The maximum absolute atomic E-state index is 4.50. The Bertz CT molecular complexity index is 210. The fourth-order valence-electron chi connectivity index (χ4n) is 1.72. The van der Waals surface area contributed by atoms with E-state index in [9.17, 15) is 0 Å². The summed E-state index contributed by atoms with van der Waals surface area (Å²) in [5.41, 5.74) is 0. The lowest BCUT2D eigenvalue weighted by molar-refractivity contribution is 0.565. The van der Waals surface area contributed by atoms with E-state index in [-0.39, 0.29) is 0 Å². The molecule has 14 heavy (non-hydrogen) atoms. The number of nitrogens with zero attached hydrogens (tertiary/aromatic N) is 1. The Morgan fingerprint density at radius 2 is 2.36 bits per heavy atom. The van der Waals surface area contributed by atoms with Crippen molar-refractivity contribution in [3.63, 3.8) is 0 Å². The van der Waals surface area contributed by atoms with Crippen LogP contribution in [0.15, 0.2) is 4.99 Å². The minimum atomic E-state index is 0.667. The zero-order chi connectivity index (χ0) is 9.80. The highest BCUT2D eigenvalue weighted by Crippen LogP contribution is 2.25. The van der Waals surface area contributed by atoms with Gasteiger partial charge in [-0.2, -0.15) is 11.8 Å². The van der Waals surface area contributed by atoms with Crippen molar-refractivity contribution in [1.29, 1.82) is 0 Å². The van der Waals surface area contributed by atoms with Gasteiger partial charge < -0.3 is 5.32 Å². The Balaban J connectivity index is 1.77. The van der Waals surface area contributed by atoms with Gasteiger partial charge in [-0.3, -0.25) is 4.99 Å². The summed E-state index contributed by atoms with van der Waals surface area (Å²) in [5.74, 6) is 2.49. The first-order valence-corrected chi connectivity index (χ1v) is 7.43. The van der Waals surface area contributed by atoms with Gasteiger partial charge >= 0.3 is 0 Å². The Hall–Kier alpha value is 0.170. The molecule has 0 bridgehead atoms. The van der Waals surface area contributed by atoms with Crippen molar-refractivity contribution < 1.29 is 0 Å². The minimum Gasteiger partial charge on any atom is -0.361 e. The first-order valence-electron chi connectivity index (χ1n) is 5.40. The van der Waals surface area contributed by atoms with Gasteiger partial charge in [0.1, 0.15) is 0 Å². The van der Waals surface area contributed by atoms with E-state index in [1.165, 1.54) is 35.9 Å². The first kappa shape index (κ1) is 10.7. The molecule has 1 saturated heterocycles. The van der Waals surface area contributed by atoms with Gasteiger partial charge in [0.15, 0.2) is 5.17 Å². The van der Waals surface area contributed by atoms with E-state index in [0.29, 0.717) is 6.04 Å². The van der Waals surface area contributed by atoms with Gasteiger partial charge in [-0.1, -0.05) is 18.7 Å². The third-order valence-electron chi connectivity index (χ3n) is 2.63. The van der Waals surface area contributed by atoms with Crippen LogP contribution in [0.1, 0.15) is 26.2 Å². The summed E-state index contributed by atoms with van der Waals surface area (Å²) in [6.07, 6.45) is 3.90. The standard InChI is InChI=1S/C10H18N2S2/c1-8-3-4-9(7-14-8)12-10-11-5-2-6-13-10/h8-9H,2-7H2,1H3,(H,11,12). The normalized spacial score (nSPS) is 33.6.